The summed E-state index contributed by atoms with van der Waals surface area (Å²) in [6, 6.07) is 3.17. The van der Waals surface area contributed by atoms with Crippen LogP contribution in [0.15, 0.2) is 35.5 Å². The lowest BCUT2D eigenvalue weighted by atomic mass is 10.1. The van der Waals surface area contributed by atoms with E-state index in [-0.39, 0.29) is 27.8 Å². The van der Waals surface area contributed by atoms with Gasteiger partial charge in [-0.3, -0.25) is 4.72 Å². The first-order valence-corrected chi connectivity index (χ1v) is 11.5. The molecule has 1 aliphatic heterocycles. The van der Waals surface area contributed by atoms with Crippen molar-refractivity contribution < 1.29 is 26.7 Å². The number of hydrogen-bond acceptors (Lipinski definition) is 6. The molecule has 0 radical (unpaired) electrons. The lowest BCUT2D eigenvalue weighted by Crippen LogP contribution is -2.19. The van der Waals surface area contributed by atoms with Gasteiger partial charge < -0.3 is 14.0 Å². The fourth-order valence-electron chi connectivity index (χ4n) is 3.47. The normalized spacial score (nSPS) is 13.6. The molecule has 0 fully saturated rings. The van der Waals surface area contributed by atoms with Crippen LogP contribution in [0.4, 0.5) is 14.5 Å². The Balaban J connectivity index is 1.60. The van der Waals surface area contributed by atoms with Gasteiger partial charge in [-0.05, 0) is 31.0 Å². The molecule has 1 aromatic carbocycles. The van der Waals surface area contributed by atoms with Gasteiger partial charge in [0.25, 0.3) is 10.0 Å². The molecule has 2 aromatic heterocycles. The number of hydrogen-bond donors (Lipinski definition) is 1. The van der Waals surface area contributed by atoms with Crippen molar-refractivity contribution in [1.82, 2.24) is 14.5 Å². The number of fused-ring (bicyclic) bond motifs is 1. The van der Waals surface area contributed by atoms with Crippen LogP contribution in [0.5, 0.6) is 5.88 Å². The number of sulfonamides is 1. The van der Waals surface area contributed by atoms with Gasteiger partial charge in [-0.25, -0.2) is 27.2 Å². The largest absolute Gasteiger partial charge is 0.480 e. The van der Waals surface area contributed by atoms with Crippen LogP contribution in [-0.2, 0) is 40.8 Å². The van der Waals surface area contributed by atoms with Gasteiger partial charge in [0.2, 0.25) is 5.88 Å². The second kappa shape index (κ2) is 9.00. The molecule has 1 N–H and O–H groups in total. The molecule has 32 heavy (non-hydrogen) atoms. The molecule has 170 valence electrons. The van der Waals surface area contributed by atoms with E-state index in [0.717, 1.165) is 29.7 Å². The Bertz CT molecular complexity index is 1270. The number of aryl methyl sites for hydroxylation is 1. The van der Waals surface area contributed by atoms with Crippen molar-refractivity contribution in [2.75, 3.05) is 18.4 Å². The zero-order valence-electron chi connectivity index (χ0n) is 16.9. The van der Waals surface area contributed by atoms with Crippen LogP contribution in [-0.4, -0.2) is 36.7 Å². The summed E-state index contributed by atoms with van der Waals surface area (Å²) in [6.45, 7) is 1.55. The third-order valence-corrected chi connectivity index (χ3v) is 6.61. The average Bonchev–Trinajstić information content (AvgIpc) is 3.19. The summed E-state index contributed by atoms with van der Waals surface area (Å²) < 4.78 is 69.6. The molecule has 1 aliphatic rings. The van der Waals surface area contributed by atoms with E-state index in [1.807, 2.05) is 4.57 Å². The Kier molecular flexibility index (Phi) is 6.31. The van der Waals surface area contributed by atoms with Crippen molar-refractivity contribution >= 4 is 27.3 Å². The summed E-state index contributed by atoms with van der Waals surface area (Å²) in [4.78, 5) is 7.71. The summed E-state index contributed by atoms with van der Waals surface area (Å²) in [5.74, 6) is -1.21. The van der Waals surface area contributed by atoms with Gasteiger partial charge in [0.1, 0.15) is 18.2 Å². The van der Waals surface area contributed by atoms with Crippen molar-refractivity contribution in [3.8, 4) is 5.88 Å². The molecule has 0 atom stereocenters. The van der Waals surface area contributed by atoms with E-state index in [4.69, 9.17) is 21.1 Å². The number of ether oxygens (including phenoxy) is 2. The molecular formula is C20H19ClF2N4O4S. The van der Waals surface area contributed by atoms with E-state index < -0.39 is 27.3 Å². The lowest BCUT2D eigenvalue weighted by molar-refractivity contribution is 0.0806. The highest BCUT2D eigenvalue weighted by molar-refractivity contribution is 7.92. The molecule has 3 aromatic rings. The van der Waals surface area contributed by atoms with Gasteiger partial charge in [0.15, 0.2) is 10.7 Å². The highest BCUT2D eigenvalue weighted by Crippen LogP contribution is 2.29. The van der Waals surface area contributed by atoms with Gasteiger partial charge in [-0.15, -0.1) is 0 Å². The van der Waals surface area contributed by atoms with E-state index in [2.05, 4.69) is 14.7 Å². The average molecular weight is 485 g/mol. The molecule has 3 heterocycles. The first-order valence-electron chi connectivity index (χ1n) is 9.60. The Hall–Kier alpha value is -2.76. The second-order valence-electron chi connectivity index (χ2n) is 7.02. The van der Waals surface area contributed by atoms with E-state index in [1.165, 1.54) is 13.3 Å². The second-order valence-corrected chi connectivity index (χ2v) is 9.11. The lowest BCUT2D eigenvalue weighted by Gasteiger charge is -2.17. The molecule has 0 saturated carbocycles. The Labute approximate surface area is 188 Å². The third-order valence-electron chi connectivity index (χ3n) is 5.04. The first-order chi connectivity index (χ1) is 15.3. The van der Waals surface area contributed by atoms with Crippen LogP contribution < -0.4 is 9.46 Å². The van der Waals surface area contributed by atoms with Crippen molar-refractivity contribution in [2.45, 2.75) is 30.9 Å². The first kappa shape index (κ1) is 22.4. The maximum Gasteiger partial charge on any atom is 0.267 e. The topological polar surface area (TPSA) is 95.3 Å². The quantitative estimate of drug-likeness (QED) is 0.552. The fourth-order valence-corrected chi connectivity index (χ4v) is 4.90. The summed E-state index contributed by atoms with van der Waals surface area (Å²) in [5.41, 5.74) is 0.193. The van der Waals surface area contributed by atoms with Crippen LogP contribution in [0.1, 0.15) is 17.1 Å². The smallest absolute Gasteiger partial charge is 0.267 e. The molecule has 0 amide bonds. The molecule has 8 nitrogen and oxygen atoms in total. The summed E-state index contributed by atoms with van der Waals surface area (Å²) in [7, 11) is -3.07. The van der Waals surface area contributed by atoms with Gasteiger partial charge >= 0.3 is 0 Å². The highest BCUT2D eigenvalue weighted by atomic mass is 35.5. The van der Waals surface area contributed by atoms with E-state index in [1.54, 1.807) is 6.20 Å². The van der Waals surface area contributed by atoms with Crippen molar-refractivity contribution in [2.24, 2.45) is 0 Å². The number of rotatable bonds is 7. The maximum absolute atomic E-state index is 15.1. The van der Waals surface area contributed by atoms with Gasteiger partial charge in [-0.2, -0.15) is 0 Å². The van der Waals surface area contributed by atoms with Gasteiger partial charge in [0.05, 0.1) is 24.4 Å². The predicted octanol–water partition coefficient (Wildman–Crippen LogP) is 3.33. The number of nitrogens with one attached hydrogen (secondary N) is 1. The number of pyridine rings is 1. The maximum atomic E-state index is 15.1. The Morgan fingerprint density at radius 3 is 2.84 bits per heavy atom. The predicted molar refractivity (Wildman–Crippen MR) is 112 cm³/mol. The monoisotopic (exact) mass is 484 g/mol. The number of benzene rings is 1. The zero-order chi connectivity index (χ0) is 22.9. The number of anilines is 1. The molecule has 0 saturated heterocycles. The molecular weight excluding hydrogens is 466 g/mol. The van der Waals surface area contributed by atoms with Crippen LogP contribution in [0, 0.1) is 11.6 Å². The minimum atomic E-state index is -4.31. The molecule has 4 rings (SSSR count). The van der Waals surface area contributed by atoms with Crippen molar-refractivity contribution in [3.05, 3.63) is 64.3 Å². The van der Waals surface area contributed by atoms with Crippen molar-refractivity contribution in [1.29, 1.82) is 0 Å². The third kappa shape index (κ3) is 4.41. The zero-order valence-corrected chi connectivity index (χ0v) is 18.5. The van der Waals surface area contributed by atoms with Gasteiger partial charge in [0, 0.05) is 30.2 Å². The molecule has 0 unspecified atom stereocenters. The summed E-state index contributed by atoms with van der Waals surface area (Å²) in [5, 5.41) is 0.0565. The number of nitrogens with zero attached hydrogens (tertiary/aromatic N) is 3. The van der Waals surface area contributed by atoms with Crippen LogP contribution in [0.2, 0.25) is 5.02 Å². The minimum absolute atomic E-state index is 0.0151. The van der Waals surface area contributed by atoms with Crippen LogP contribution in [0.25, 0.3) is 0 Å². The fraction of sp³-hybridized carbons (Fsp3) is 0.300. The van der Waals surface area contributed by atoms with E-state index in [0.29, 0.717) is 26.2 Å². The summed E-state index contributed by atoms with van der Waals surface area (Å²) >= 11 is 5.85. The number of aromatic nitrogens is 3. The van der Waals surface area contributed by atoms with Gasteiger partial charge in [-0.1, -0.05) is 11.6 Å². The number of methoxy groups -OCH3 is 1. The molecule has 0 bridgehead atoms. The molecule has 0 aliphatic carbocycles. The Morgan fingerprint density at radius 2 is 2.06 bits per heavy atom. The molecule has 0 spiro atoms. The van der Waals surface area contributed by atoms with Crippen LogP contribution in [0.3, 0.4) is 0 Å². The van der Waals surface area contributed by atoms with E-state index >= 15 is 4.39 Å². The summed E-state index contributed by atoms with van der Waals surface area (Å²) in [6.07, 6.45) is 3.21. The van der Waals surface area contributed by atoms with Crippen LogP contribution >= 0.6 is 11.6 Å². The molecule has 12 heteroatoms. The minimum Gasteiger partial charge on any atom is -0.480 e. The Morgan fingerprint density at radius 1 is 1.25 bits per heavy atom. The standard InChI is InChI=1S/C20H19ClF2N4O4S/c1-30-20-17(8-12(21)9-25-20)32(28,29)26-16-5-4-15(22)14(19(16)23)3-2-13-10-24-18-11-31-7-6-27(13)18/h4-5,8-10,26H,2-3,6-7,11H2,1H3. The number of halogens is 3. The van der Waals surface area contributed by atoms with Crippen molar-refractivity contribution in [3.63, 3.8) is 0 Å². The highest BCUT2D eigenvalue weighted by Gasteiger charge is 2.25. The number of imidazole rings is 1. The van der Waals surface area contributed by atoms with E-state index in [9.17, 15) is 12.8 Å². The SMILES string of the molecule is COc1ncc(Cl)cc1S(=O)(=O)Nc1ccc(F)c(CCc2cnc3n2CCOC3)c1F.